The van der Waals surface area contributed by atoms with Crippen LogP contribution < -0.4 is 15.4 Å². The number of nitrogens with two attached hydrogens (primary N) is 1. The van der Waals surface area contributed by atoms with Gasteiger partial charge in [-0.15, -0.1) is 12.4 Å². The van der Waals surface area contributed by atoms with Crippen LogP contribution in [0, 0.1) is 6.92 Å². The van der Waals surface area contributed by atoms with E-state index < -0.39 is 10.0 Å². The molecule has 1 aliphatic heterocycles. The Morgan fingerprint density at radius 1 is 1.43 bits per heavy atom. The van der Waals surface area contributed by atoms with Crippen LogP contribution in [0.1, 0.15) is 18.4 Å². The molecule has 0 bridgehead atoms. The number of carbonyl (C=O) groups excluding carboxylic acids is 1. The minimum Gasteiger partial charge on any atom is -0.330 e. The maximum atomic E-state index is 12.0. The molecule has 6 nitrogen and oxygen atoms in total. The number of aryl methyl sites for hydroxylation is 1. The van der Waals surface area contributed by atoms with Crippen LogP contribution in [0.4, 0.5) is 11.4 Å². The first-order valence-electron chi connectivity index (χ1n) is 6.55. The number of halogens is 1. The van der Waals surface area contributed by atoms with E-state index in [-0.39, 0.29) is 37.0 Å². The first-order chi connectivity index (χ1) is 9.44. The molecule has 8 heteroatoms. The summed E-state index contributed by atoms with van der Waals surface area (Å²) in [5, 5.41) is 2.72. The fourth-order valence-electron chi connectivity index (χ4n) is 2.22. The highest BCUT2D eigenvalue weighted by Gasteiger charge is 2.29. The lowest BCUT2D eigenvalue weighted by Gasteiger charge is -2.20. The first kappa shape index (κ1) is 17.7. The van der Waals surface area contributed by atoms with Gasteiger partial charge in [-0.05, 0) is 31.0 Å². The maximum absolute atomic E-state index is 12.0. The number of anilines is 2. The smallest absolute Gasteiger partial charge is 0.235 e. The number of rotatable bonds is 4. The fourth-order valence-corrected chi connectivity index (χ4v) is 3.84. The van der Waals surface area contributed by atoms with Gasteiger partial charge < -0.3 is 11.1 Å². The van der Waals surface area contributed by atoms with E-state index in [1.165, 1.54) is 4.31 Å². The summed E-state index contributed by atoms with van der Waals surface area (Å²) in [5.41, 5.74) is 7.41. The van der Waals surface area contributed by atoms with Crippen molar-refractivity contribution < 1.29 is 13.2 Å². The molecule has 1 aromatic carbocycles. The molecule has 21 heavy (non-hydrogen) atoms. The number of nitrogens with zero attached hydrogens (tertiary/aromatic N) is 1. The Hall–Kier alpha value is -1.31. The van der Waals surface area contributed by atoms with Crippen molar-refractivity contribution in [1.29, 1.82) is 0 Å². The topological polar surface area (TPSA) is 92.5 Å². The summed E-state index contributed by atoms with van der Waals surface area (Å²) in [7, 11) is -3.22. The molecule has 0 atom stereocenters. The van der Waals surface area contributed by atoms with E-state index in [1.807, 2.05) is 6.92 Å². The molecule has 1 amide bonds. The molecule has 3 N–H and O–H groups in total. The Morgan fingerprint density at radius 2 is 2.14 bits per heavy atom. The quantitative estimate of drug-likeness (QED) is 0.867. The highest BCUT2D eigenvalue weighted by molar-refractivity contribution is 7.93. The number of benzene rings is 1. The maximum Gasteiger partial charge on any atom is 0.235 e. The molecule has 0 radical (unpaired) electrons. The third-order valence-electron chi connectivity index (χ3n) is 3.23. The second-order valence-corrected chi connectivity index (χ2v) is 6.84. The molecule has 1 aliphatic rings. The van der Waals surface area contributed by atoms with Crippen molar-refractivity contribution in [1.82, 2.24) is 0 Å². The lowest BCUT2D eigenvalue weighted by Crippen LogP contribution is -2.26. The van der Waals surface area contributed by atoms with E-state index in [4.69, 9.17) is 5.73 Å². The van der Waals surface area contributed by atoms with Crippen molar-refractivity contribution in [2.75, 3.05) is 28.5 Å². The summed E-state index contributed by atoms with van der Waals surface area (Å²) in [5.74, 6) is 0.00233. The van der Waals surface area contributed by atoms with Crippen molar-refractivity contribution >= 4 is 39.7 Å². The molecule has 2 rings (SSSR count). The Morgan fingerprint density at radius 3 is 2.71 bits per heavy atom. The second kappa shape index (κ2) is 7.11. The molecule has 1 saturated heterocycles. The standard InChI is InChI=1S/C13H19N3O3S.ClH/c1-10-3-4-11(15-13(17)5-6-14)9-12(10)16-7-2-8-20(16,18)19;/h3-4,9H,2,5-8,14H2,1H3,(H,15,17);1H. The molecule has 0 aromatic heterocycles. The lowest BCUT2D eigenvalue weighted by atomic mass is 10.1. The van der Waals surface area contributed by atoms with Crippen LogP contribution in [0.15, 0.2) is 18.2 Å². The molecule has 1 aromatic rings. The van der Waals surface area contributed by atoms with Crippen LogP contribution in [0.5, 0.6) is 0 Å². The average Bonchev–Trinajstić information content (AvgIpc) is 2.72. The van der Waals surface area contributed by atoms with Gasteiger partial charge in [0.05, 0.1) is 11.4 Å². The predicted molar refractivity (Wildman–Crippen MR) is 86.5 cm³/mol. The van der Waals surface area contributed by atoms with E-state index in [0.29, 0.717) is 24.3 Å². The summed E-state index contributed by atoms with van der Waals surface area (Å²) in [6.45, 7) is 2.63. The zero-order valence-corrected chi connectivity index (χ0v) is 13.5. The van der Waals surface area contributed by atoms with Gasteiger partial charge in [-0.1, -0.05) is 6.07 Å². The van der Waals surface area contributed by atoms with Gasteiger partial charge in [0, 0.05) is 25.2 Å². The van der Waals surface area contributed by atoms with E-state index in [1.54, 1.807) is 18.2 Å². The van der Waals surface area contributed by atoms with Gasteiger partial charge in [-0.2, -0.15) is 0 Å². The van der Waals surface area contributed by atoms with Crippen molar-refractivity contribution in [2.45, 2.75) is 19.8 Å². The van der Waals surface area contributed by atoms with E-state index >= 15 is 0 Å². The zero-order chi connectivity index (χ0) is 14.8. The molecule has 0 aliphatic carbocycles. The van der Waals surface area contributed by atoms with E-state index in [2.05, 4.69) is 5.32 Å². The third-order valence-corrected chi connectivity index (χ3v) is 5.09. The fraction of sp³-hybridized carbons (Fsp3) is 0.462. The lowest BCUT2D eigenvalue weighted by molar-refractivity contribution is -0.116. The van der Waals surface area contributed by atoms with Crippen molar-refractivity contribution in [3.8, 4) is 0 Å². The number of carbonyl (C=O) groups is 1. The van der Waals surface area contributed by atoms with Crippen molar-refractivity contribution in [3.05, 3.63) is 23.8 Å². The second-order valence-electron chi connectivity index (χ2n) is 4.83. The average molecular weight is 334 g/mol. The summed E-state index contributed by atoms with van der Waals surface area (Å²) < 4.78 is 25.4. The number of sulfonamides is 1. The van der Waals surface area contributed by atoms with Gasteiger partial charge in [-0.3, -0.25) is 9.10 Å². The Bertz CT molecular complexity index is 619. The van der Waals surface area contributed by atoms with Crippen LogP contribution in [-0.2, 0) is 14.8 Å². The Labute approximate surface area is 131 Å². The van der Waals surface area contributed by atoms with Gasteiger partial charge >= 0.3 is 0 Å². The summed E-state index contributed by atoms with van der Waals surface area (Å²) in [4.78, 5) is 11.5. The molecule has 1 fully saturated rings. The zero-order valence-electron chi connectivity index (χ0n) is 11.8. The molecule has 118 valence electrons. The van der Waals surface area contributed by atoms with Crippen LogP contribution in [0.3, 0.4) is 0 Å². The van der Waals surface area contributed by atoms with Gasteiger partial charge in [0.25, 0.3) is 0 Å². The number of hydrogen-bond donors (Lipinski definition) is 2. The van der Waals surface area contributed by atoms with E-state index in [9.17, 15) is 13.2 Å². The van der Waals surface area contributed by atoms with Crippen LogP contribution in [0.2, 0.25) is 0 Å². The van der Waals surface area contributed by atoms with Gasteiger partial charge in [0.1, 0.15) is 0 Å². The largest absolute Gasteiger partial charge is 0.330 e. The highest BCUT2D eigenvalue weighted by atomic mass is 35.5. The number of hydrogen-bond acceptors (Lipinski definition) is 4. The van der Waals surface area contributed by atoms with Crippen LogP contribution in [0.25, 0.3) is 0 Å². The number of amides is 1. The minimum atomic E-state index is -3.22. The molecular formula is C13H20ClN3O3S. The number of nitrogens with one attached hydrogen (secondary N) is 1. The molecule has 0 saturated carbocycles. The molecule has 0 spiro atoms. The molecule has 0 unspecified atom stereocenters. The monoisotopic (exact) mass is 333 g/mol. The van der Waals surface area contributed by atoms with Gasteiger partial charge in [0.15, 0.2) is 0 Å². The van der Waals surface area contributed by atoms with Gasteiger partial charge in [-0.25, -0.2) is 8.42 Å². The Kier molecular flexibility index (Phi) is 6.00. The van der Waals surface area contributed by atoms with Crippen LogP contribution in [-0.4, -0.2) is 33.2 Å². The summed E-state index contributed by atoms with van der Waals surface area (Å²) >= 11 is 0. The van der Waals surface area contributed by atoms with Gasteiger partial charge in [0.2, 0.25) is 15.9 Å². The van der Waals surface area contributed by atoms with Crippen LogP contribution >= 0.6 is 12.4 Å². The third kappa shape index (κ3) is 4.09. The Balaban J connectivity index is 0.00000220. The highest BCUT2D eigenvalue weighted by Crippen LogP contribution is 2.29. The van der Waals surface area contributed by atoms with Crippen molar-refractivity contribution in [2.24, 2.45) is 5.73 Å². The molecule has 1 heterocycles. The predicted octanol–water partition coefficient (Wildman–Crippen LogP) is 1.24. The first-order valence-corrected chi connectivity index (χ1v) is 8.16. The van der Waals surface area contributed by atoms with E-state index in [0.717, 1.165) is 5.56 Å². The normalized spacial score (nSPS) is 16.4. The summed E-state index contributed by atoms with van der Waals surface area (Å²) in [6.07, 6.45) is 0.872. The SMILES string of the molecule is Cc1ccc(NC(=O)CCN)cc1N1CCCS1(=O)=O.Cl. The van der Waals surface area contributed by atoms with Crippen molar-refractivity contribution in [3.63, 3.8) is 0 Å². The molecular weight excluding hydrogens is 314 g/mol. The summed E-state index contributed by atoms with van der Waals surface area (Å²) in [6, 6.07) is 5.27. The minimum absolute atomic E-state index is 0.